The molecule has 0 aromatic carbocycles. The molecule has 22 heavy (non-hydrogen) atoms. The average Bonchev–Trinajstić information content (AvgIpc) is 2.31. The number of hydrogen-bond donors (Lipinski definition) is 0. The number of ether oxygens (including phenoxy) is 1. The summed E-state index contributed by atoms with van der Waals surface area (Å²) in [4.78, 5) is 44.5. The molecular weight excluding hydrogens is 338 g/mol. The zero-order valence-corrected chi connectivity index (χ0v) is 14.2. The normalized spacial score (nSPS) is 18.7. The fraction of sp³-hybridized carbons (Fsp3) is 1.00. The second kappa shape index (κ2) is 9.47. The van der Waals surface area contributed by atoms with E-state index < -0.39 is 58.4 Å². The van der Waals surface area contributed by atoms with E-state index in [1.54, 1.807) is 0 Å². The average molecular weight is 358 g/mol. The third-order valence-electron chi connectivity index (χ3n) is 3.34. The van der Waals surface area contributed by atoms with Crippen LogP contribution in [0.3, 0.4) is 0 Å². The summed E-state index contributed by atoms with van der Waals surface area (Å²) >= 11 is 0. The molecule has 134 valence electrons. The highest BCUT2D eigenvalue weighted by Crippen LogP contribution is 2.41. The Kier molecular flexibility index (Phi) is 9.55. The lowest BCUT2D eigenvalue weighted by molar-refractivity contribution is -0.438. The van der Waals surface area contributed by atoms with Crippen LogP contribution in [0.4, 0.5) is 0 Å². The lowest BCUT2D eigenvalue weighted by Crippen LogP contribution is -2.38. The molecule has 0 saturated heterocycles. The summed E-state index contributed by atoms with van der Waals surface area (Å²) in [5, 5.41) is 21.7. The molecule has 0 aromatic rings. The van der Waals surface area contributed by atoms with Gasteiger partial charge in [0.05, 0.1) is 6.10 Å². The van der Waals surface area contributed by atoms with Gasteiger partial charge in [-0.05, 0) is 37.4 Å². The van der Waals surface area contributed by atoms with Crippen molar-refractivity contribution in [1.29, 1.82) is 0 Å². The topological polar surface area (TPSA) is 182 Å². The molecule has 0 heterocycles. The Labute approximate surface area is 129 Å². The lowest BCUT2D eigenvalue weighted by atomic mass is 10.0. The van der Waals surface area contributed by atoms with E-state index in [4.69, 9.17) is 4.74 Å². The van der Waals surface area contributed by atoms with Gasteiger partial charge in [-0.15, -0.1) is 6.10 Å². The first-order valence-electron chi connectivity index (χ1n) is 6.80. The van der Waals surface area contributed by atoms with Crippen molar-refractivity contribution in [2.45, 2.75) is 63.1 Å². The summed E-state index contributed by atoms with van der Waals surface area (Å²) in [5.74, 6) is 0. The van der Waals surface area contributed by atoms with Crippen LogP contribution in [0.5, 0.6) is 0 Å². The SMILES string of the molecule is CCC(CC(CC(CC(C)[O-])P(=O)([O-])[O-])OC[O-])P(=O)([O-])[O-]. The summed E-state index contributed by atoms with van der Waals surface area (Å²) < 4.78 is 27.0. The first-order valence-corrected chi connectivity index (χ1v) is 10.0. The zero-order valence-electron chi connectivity index (χ0n) is 12.4. The summed E-state index contributed by atoms with van der Waals surface area (Å²) in [6.45, 7) is 1.56. The third-order valence-corrected chi connectivity index (χ3v) is 6.13. The maximum atomic E-state index is 11.2. The van der Waals surface area contributed by atoms with Gasteiger partial charge in [0.2, 0.25) is 0 Å². The van der Waals surface area contributed by atoms with Crippen molar-refractivity contribution < 1.29 is 43.7 Å². The van der Waals surface area contributed by atoms with Gasteiger partial charge in [-0.2, -0.15) is 0 Å². The van der Waals surface area contributed by atoms with Crippen molar-refractivity contribution in [3.8, 4) is 0 Å². The molecule has 0 aliphatic carbocycles. The largest absolute Gasteiger partial charge is 0.852 e. The lowest BCUT2D eigenvalue weighted by Gasteiger charge is -2.44. The van der Waals surface area contributed by atoms with Crippen molar-refractivity contribution in [2.24, 2.45) is 0 Å². The quantitative estimate of drug-likeness (QED) is 0.268. The van der Waals surface area contributed by atoms with Gasteiger partial charge in [0.25, 0.3) is 0 Å². The van der Waals surface area contributed by atoms with Gasteiger partial charge < -0.3 is 43.7 Å². The molecule has 4 unspecified atom stereocenters. The molecule has 11 heteroatoms. The summed E-state index contributed by atoms with van der Waals surface area (Å²) in [7, 11) is -10.0. The first kappa shape index (κ1) is 22.2. The molecule has 0 N–H and O–H groups in total. The highest BCUT2D eigenvalue weighted by molar-refractivity contribution is 7.49. The molecule has 0 fully saturated rings. The van der Waals surface area contributed by atoms with E-state index in [2.05, 4.69) is 0 Å². The molecule has 0 aromatic heterocycles. The van der Waals surface area contributed by atoms with Gasteiger partial charge in [-0.3, -0.25) is 0 Å². The van der Waals surface area contributed by atoms with Gasteiger partial charge in [0.1, 0.15) is 0 Å². The van der Waals surface area contributed by atoms with Crippen LogP contribution >= 0.6 is 15.2 Å². The molecule has 0 bridgehead atoms. The molecule has 0 spiro atoms. The molecule has 0 rings (SSSR count). The van der Waals surface area contributed by atoms with E-state index >= 15 is 0 Å². The smallest absolute Gasteiger partial charge is 0.0569 e. The van der Waals surface area contributed by atoms with Crippen molar-refractivity contribution in [1.82, 2.24) is 0 Å². The van der Waals surface area contributed by atoms with Crippen LogP contribution in [0.2, 0.25) is 0 Å². The Morgan fingerprint density at radius 3 is 1.73 bits per heavy atom. The standard InChI is InChI=1S/C11H24O9P2/c1-3-10(21(14,15)16)5-9(20-7-12)6-11(4-8(2)13)22(17,18)19/h8-11H,3-7H2,1-2H3,(H2,14,15,16)(H2,17,18,19)/q-2/p-4. The Morgan fingerprint density at radius 2 is 1.41 bits per heavy atom. The van der Waals surface area contributed by atoms with Crippen LogP contribution in [-0.2, 0) is 13.9 Å². The molecule has 0 aliphatic heterocycles. The van der Waals surface area contributed by atoms with Gasteiger partial charge in [0.15, 0.2) is 0 Å². The molecular formula is C11H20O9P2-6. The predicted octanol–water partition coefficient (Wildman–Crippen LogP) is -3.42. The number of hydrogen-bond acceptors (Lipinski definition) is 9. The highest BCUT2D eigenvalue weighted by atomic mass is 31.2. The van der Waals surface area contributed by atoms with E-state index in [0.717, 1.165) is 0 Å². The molecule has 0 radical (unpaired) electrons. The van der Waals surface area contributed by atoms with Crippen molar-refractivity contribution in [3.63, 3.8) is 0 Å². The van der Waals surface area contributed by atoms with Crippen LogP contribution in [0.1, 0.15) is 39.5 Å². The summed E-state index contributed by atoms with van der Waals surface area (Å²) in [6.07, 6.45) is -3.85. The Hall–Kier alpha value is 0.180. The third kappa shape index (κ3) is 8.72. The number of rotatable bonds is 11. The fourth-order valence-electron chi connectivity index (χ4n) is 2.19. The zero-order chi connectivity index (χ0) is 17.6. The monoisotopic (exact) mass is 358 g/mol. The van der Waals surface area contributed by atoms with E-state index in [1.165, 1.54) is 13.8 Å². The van der Waals surface area contributed by atoms with Crippen LogP contribution in [0.25, 0.3) is 0 Å². The van der Waals surface area contributed by atoms with Gasteiger partial charge >= 0.3 is 0 Å². The second-order valence-electron chi connectivity index (χ2n) is 5.22. The highest BCUT2D eigenvalue weighted by Gasteiger charge is 2.23. The van der Waals surface area contributed by atoms with Crippen LogP contribution < -0.4 is 29.8 Å². The van der Waals surface area contributed by atoms with Gasteiger partial charge in [0, 0.05) is 0 Å². The van der Waals surface area contributed by atoms with Crippen molar-refractivity contribution in [2.75, 3.05) is 6.79 Å². The second-order valence-corrected chi connectivity index (χ2v) is 8.84. The Balaban J connectivity index is 5.06. The minimum Gasteiger partial charge on any atom is -0.852 e. The minimum absolute atomic E-state index is 0.0297. The molecule has 0 aliphatic rings. The van der Waals surface area contributed by atoms with E-state index in [0.29, 0.717) is 0 Å². The maximum absolute atomic E-state index is 11.2. The van der Waals surface area contributed by atoms with Crippen LogP contribution in [-0.4, -0.2) is 30.3 Å². The van der Waals surface area contributed by atoms with E-state index in [9.17, 15) is 38.9 Å². The fourth-order valence-corrected chi connectivity index (χ4v) is 4.18. The Morgan fingerprint density at radius 1 is 0.955 bits per heavy atom. The molecule has 9 nitrogen and oxygen atoms in total. The summed E-state index contributed by atoms with van der Waals surface area (Å²) in [5.41, 5.74) is -2.89. The minimum atomic E-state index is -5.11. The Bertz CT molecular complexity index is 402. The van der Waals surface area contributed by atoms with Crippen LogP contribution in [0.15, 0.2) is 0 Å². The van der Waals surface area contributed by atoms with E-state index in [1.807, 2.05) is 0 Å². The van der Waals surface area contributed by atoms with E-state index in [-0.39, 0.29) is 12.8 Å². The first-order chi connectivity index (χ1) is 9.91. The molecule has 0 amide bonds. The van der Waals surface area contributed by atoms with Gasteiger partial charge in [-0.25, -0.2) is 0 Å². The molecule has 0 saturated carbocycles. The summed E-state index contributed by atoms with van der Waals surface area (Å²) in [6, 6.07) is 0. The maximum Gasteiger partial charge on any atom is 0.0569 e. The van der Waals surface area contributed by atoms with Crippen molar-refractivity contribution >= 4 is 15.2 Å². The van der Waals surface area contributed by atoms with Crippen LogP contribution in [0, 0.1) is 0 Å². The van der Waals surface area contributed by atoms with Crippen molar-refractivity contribution in [3.05, 3.63) is 0 Å². The molecule has 4 atom stereocenters. The van der Waals surface area contributed by atoms with Gasteiger partial charge in [-0.1, -0.05) is 35.5 Å². The predicted molar refractivity (Wildman–Crippen MR) is 66.1 cm³/mol.